The maximum Gasteiger partial charge on any atom is 0.272 e. The highest BCUT2D eigenvalue weighted by Crippen LogP contribution is 2.27. The molecule has 0 atom stereocenters. The van der Waals surface area contributed by atoms with Gasteiger partial charge in [-0.25, -0.2) is 4.98 Å². The highest BCUT2D eigenvalue weighted by atomic mass is 16.3. The molecule has 7 heteroatoms. The van der Waals surface area contributed by atoms with Gasteiger partial charge >= 0.3 is 0 Å². The Kier molecular flexibility index (Phi) is 4.12. The largest absolute Gasteiger partial charge is 0.507 e. The fourth-order valence-electron chi connectivity index (χ4n) is 3.01. The summed E-state index contributed by atoms with van der Waals surface area (Å²) < 4.78 is 0. The summed E-state index contributed by atoms with van der Waals surface area (Å²) in [7, 11) is 1.71. The molecule has 4 aromatic rings. The number of aromatic nitrogens is 4. The molecule has 7 nitrogen and oxygen atoms in total. The maximum atomic E-state index is 12.7. The average Bonchev–Trinajstić information content (AvgIpc) is 3.27. The molecule has 0 aliphatic rings. The smallest absolute Gasteiger partial charge is 0.272 e. The highest BCUT2D eigenvalue weighted by Gasteiger charge is 2.18. The minimum absolute atomic E-state index is 0.119. The summed E-state index contributed by atoms with van der Waals surface area (Å²) in [6.07, 6.45) is 0. The number of phenolic OH excluding ortho intramolecular Hbond substituents is 1. The fraction of sp³-hybridized carbons (Fsp3) is 0.150. The second kappa shape index (κ2) is 6.60. The quantitative estimate of drug-likeness (QED) is 0.520. The van der Waals surface area contributed by atoms with Crippen LogP contribution in [0.25, 0.3) is 22.3 Å². The van der Waals surface area contributed by atoms with Crippen LogP contribution in [-0.4, -0.2) is 43.1 Å². The van der Waals surface area contributed by atoms with Crippen LogP contribution in [0.15, 0.2) is 48.5 Å². The number of para-hydroxylation sites is 1. The molecule has 0 spiro atoms. The number of nitrogens with zero attached hydrogens (tertiary/aromatic N) is 3. The number of fused-ring (bicyclic) bond motifs is 1. The zero-order valence-corrected chi connectivity index (χ0v) is 15.0. The number of phenols is 1. The Bertz CT molecular complexity index is 1130. The van der Waals surface area contributed by atoms with Gasteiger partial charge in [0.05, 0.1) is 23.3 Å². The summed E-state index contributed by atoms with van der Waals surface area (Å²) in [5, 5.41) is 16.8. The number of aromatic amines is 2. The number of aryl methyl sites for hydroxylation is 1. The summed E-state index contributed by atoms with van der Waals surface area (Å²) in [5.74, 6) is 0.627. The van der Waals surface area contributed by atoms with Crippen LogP contribution in [-0.2, 0) is 6.54 Å². The van der Waals surface area contributed by atoms with Gasteiger partial charge in [-0.05, 0) is 42.8 Å². The van der Waals surface area contributed by atoms with Crippen molar-refractivity contribution >= 4 is 16.9 Å². The Morgan fingerprint density at radius 2 is 2.00 bits per heavy atom. The van der Waals surface area contributed by atoms with Crippen molar-refractivity contribution < 1.29 is 9.90 Å². The molecule has 2 heterocycles. The standard InChI is InChI=1S/C20H19N5O2/c1-12-7-8-14-16(9-12)22-19(21-14)11-25(2)20(27)17-10-15(23-24-17)13-5-3-4-6-18(13)26/h3-10,26H,11H2,1-2H3,(H,21,22)(H,23,24). The van der Waals surface area contributed by atoms with E-state index < -0.39 is 0 Å². The van der Waals surface area contributed by atoms with Crippen molar-refractivity contribution in [3.63, 3.8) is 0 Å². The van der Waals surface area contributed by atoms with Gasteiger partial charge in [0, 0.05) is 12.6 Å². The third kappa shape index (κ3) is 3.27. The van der Waals surface area contributed by atoms with Crippen LogP contribution in [0.5, 0.6) is 5.75 Å². The van der Waals surface area contributed by atoms with Crippen molar-refractivity contribution in [3.8, 4) is 17.0 Å². The van der Waals surface area contributed by atoms with Gasteiger partial charge in [-0.2, -0.15) is 5.10 Å². The van der Waals surface area contributed by atoms with Gasteiger partial charge in [-0.3, -0.25) is 9.89 Å². The fourth-order valence-corrected chi connectivity index (χ4v) is 3.01. The van der Waals surface area contributed by atoms with E-state index in [1.807, 2.05) is 25.1 Å². The molecule has 136 valence electrons. The molecule has 1 amide bonds. The second-order valence-corrected chi connectivity index (χ2v) is 6.55. The van der Waals surface area contributed by atoms with Crippen molar-refractivity contribution in [2.75, 3.05) is 7.05 Å². The van der Waals surface area contributed by atoms with Crippen LogP contribution in [0, 0.1) is 6.92 Å². The number of rotatable bonds is 4. The van der Waals surface area contributed by atoms with Gasteiger partial charge in [0.15, 0.2) is 0 Å². The van der Waals surface area contributed by atoms with Crippen LogP contribution in [0.3, 0.4) is 0 Å². The van der Waals surface area contributed by atoms with E-state index in [0.717, 1.165) is 16.6 Å². The van der Waals surface area contributed by atoms with Crippen LogP contribution in [0.4, 0.5) is 0 Å². The molecule has 0 aliphatic carbocycles. The molecule has 2 aromatic heterocycles. The van der Waals surface area contributed by atoms with Crippen LogP contribution < -0.4 is 0 Å². The Balaban J connectivity index is 1.53. The lowest BCUT2D eigenvalue weighted by Gasteiger charge is -2.14. The molecular formula is C20H19N5O2. The van der Waals surface area contributed by atoms with E-state index in [4.69, 9.17) is 0 Å². The monoisotopic (exact) mass is 361 g/mol. The minimum atomic E-state index is -0.208. The van der Waals surface area contributed by atoms with Crippen LogP contribution in [0.2, 0.25) is 0 Å². The normalized spacial score (nSPS) is 11.0. The van der Waals surface area contributed by atoms with E-state index in [2.05, 4.69) is 20.2 Å². The number of amides is 1. The zero-order valence-electron chi connectivity index (χ0n) is 15.0. The van der Waals surface area contributed by atoms with Crippen molar-refractivity contribution in [2.24, 2.45) is 0 Å². The Labute approximate surface area is 155 Å². The van der Waals surface area contributed by atoms with Crippen molar-refractivity contribution in [3.05, 3.63) is 65.6 Å². The Morgan fingerprint density at radius 1 is 1.19 bits per heavy atom. The Morgan fingerprint density at radius 3 is 2.81 bits per heavy atom. The molecule has 0 unspecified atom stereocenters. The number of carbonyl (C=O) groups is 1. The number of hydrogen-bond acceptors (Lipinski definition) is 4. The summed E-state index contributed by atoms with van der Waals surface area (Å²) in [5.41, 5.74) is 4.42. The van der Waals surface area contributed by atoms with E-state index in [9.17, 15) is 9.90 Å². The molecule has 3 N–H and O–H groups in total. The number of imidazole rings is 1. The average molecular weight is 361 g/mol. The number of benzene rings is 2. The minimum Gasteiger partial charge on any atom is -0.507 e. The maximum absolute atomic E-state index is 12.7. The summed E-state index contributed by atoms with van der Waals surface area (Å²) >= 11 is 0. The van der Waals surface area contributed by atoms with E-state index >= 15 is 0 Å². The zero-order chi connectivity index (χ0) is 19.0. The topological polar surface area (TPSA) is 97.9 Å². The molecular weight excluding hydrogens is 342 g/mol. The lowest BCUT2D eigenvalue weighted by atomic mass is 10.1. The summed E-state index contributed by atoms with van der Waals surface area (Å²) in [6, 6.07) is 14.5. The summed E-state index contributed by atoms with van der Waals surface area (Å²) in [6.45, 7) is 2.37. The number of carbonyl (C=O) groups excluding carboxylic acids is 1. The molecule has 27 heavy (non-hydrogen) atoms. The van der Waals surface area contributed by atoms with Crippen LogP contribution in [0.1, 0.15) is 21.9 Å². The van der Waals surface area contributed by atoms with Gasteiger partial charge < -0.3 is 15.0 Å². The predicted molar refractivity (Wildman–Crippen MR) is 102 cm³/mol. The molecule has 2 aromatic carbocycles. The van der Waals surface area contributed by atoms with Crippen molar-refractivity contribution in [1.29, 1.82) is 0 Å². The van der Waals surface area contributed by atoms with Crippen LogP contribution >= 0.6 is 0 Å². The third-order valence-corrected chi connectivity index (χ3v) is 4.41. The highest BCUT2D eigenvalue weighted by molar-refractivity contribution is 5.93. The van der Waals surface area contributed by atoms with Gasteiger partial charge in [-0.15, -0.1) is 0 Å². The van der Waals surface area contributed by atoms with Crippen molar-refractivity contribution in [2.45, 2.75) is 13.5 Å². The van der Waals surface area contributed by atoms with E-state index in [0.29, 0.717) is 29.3 Å². The molecule has 4 rings (SSSR count). The third-order valence-electron chi connectivity index (χ3n) is 4.41. The molecule has 0 fully saturated rings. The summed E-state index contributed by atoms with van der Waals surface area (Å²) in [4.78, 5) is 22.0. The molecule has 0 aliphatic heterocycles. The van der Waals surface area contributed by atoms with Crippen molar-refractivity contribution in [1.82, 2.24) is 25.1 Å². The van der Waals surface area contributed by atoms with Gasteiger partial charge in [0.1, 0.15) is 17.3 Å². The SMILES string of the molecule is Cc1ccc2nc(CN(C)C(=O)c3cc(-c4ccccc4O)n[nH]3)[nH]c2c1. The predicted octanol–water partition coefficient (Wildman–Crippen LogP) is 3.24. The number of aromatic hydroxyl groups is 1. The molecule has 0 radical (unpaired) electrons. The Hall–Kier alpha value is -3.61. The first-order valence-electron chi connectivity index (χ1n) is 8.56. The second-order valence-electron chi connectivity index (χ2n) is 6.55. The van der Waals surface area contributed by atoms with Gasteiger partial charge in [0.25, 0.3) is 5.91 Å². The number of nitrogens with one attached hydrogen (secondary N) is 2. The van der Waals surface area contributed by atoms with E-state index in [1.165, 1.54) is 0 Å². The lowest BCUT2D eigenvalue weighted by molar-refractivity contribution is 0.0776. The number of hydrogen-bond donors (Lipinski definition) is 3. The number of H-pyrrole nitrogens is 2. The lowest BCUT2D eigenvalue weighted by Crippen LogP contribution is -2.27. The molecule has 0 saturated heterocycles. The van der Waals surface area contributed by atoms with E-state index in [1.54, 1.807) is 42.3 Å². The first-order chi connectivity index (χ1) is 13.0. The van der Waals surface area contributed by atoms with Gasteiger partial charge in [0.2, 0.25) is 0 Å². The molecule has 0 bridgehead atoms. The van der Waals surface area contributed by atoms with Gasteiger partial charge in [-0.1, -0.05) is 18.2 Å². The molecule has 0 saturated carbocycles. The first-order valence-corrected chi connectivity index (χ1v) is 8.56. The first kappa shape index (κ1) is 16.8. The van der Waals surface area contributed by atoms with E-state index in [-0.39, 0.29) is 11.7 Å².